The lowest BCUT2D eigenvalue weighted by atomic mass is 9.61. The Bertz CT molecular complexity index is 824. The molecule has 3 amide bonds. The first-order valence-corrected chi connectivity index (χ1v) is 10.4. The van der Waals surface area contributed by atoms with Crippen molar-refractivity contribution in [1.29, 1.82) is 0 Å². The van der Waals surface area contributed by atoms with Crippen LogP contribution in [0.2, 0.25) is 0 Å². The first-order chi connectivity index (χ1) is 13.2. The van der Waals surface area contributed by atoms with Crippen molar-refractivity contribution < 1.29 is 23.1 Å². The van der Waals surface area contributed by atoms with Gasteiger partial charge in [-0.3, -0.25) is 9.69 Å². The quantitative estimate of drug-likeness (QED) is 0.688. The smallest absolute Gasteiger partial charge is 0.320 e. The van der Waals surface area contributed by atoms with Gasteiger partial charge in [0, 0.05) is 15.9 Å². The minimum Gasteiger partial charge on any atom is -0.320 e. The Kier molecular flexibility index (Phi) is 4.77. The molecule has 1 heterocycles. The fourth-order valence-electron chi connectivity index (χ4n) is 5.37. The third-order valence-electron chi connectivity index (χ3n) is 6.55. The minimum absolute atomic E-state index is 0.238. The normalized spacial score (nSPS) is 32.1. The van der Waals surface area contributed by atoms with E-state index in [1.165, 1.54) is 4.90 Å². The lowest BCUT2D eigenvalue weighted by Crippen LogP contribution is -2.57. The van der Waals surface area contributed by atoms with Crippen LogP contribution in [-0.2, 0) is 21.5 Å². The highest BCUT2D eigenvalue weighted by atomic mass is 79.9. The molecule has 0 aromatic heterocycles. The topological polar surface area (TPSA) is 58.6 Å². The summed E-state index contributed by atoms with van der Waals surface area (Å²) in [4.78, 5) is 27.7. The molecule has 0 bridgehead atoms. The number of ether oxygens (including phenoxy) is 1. The number of fused-ring (bicyclic) bond motifs is 3. The predicted octanol–water partition coefficient (Wildman–Crippen LogP) is 4.33. The number of rotatable bonds is 3. The molecule has 1 aromatic carbocycles. The Hall–Kier alpha value is -1.54. The summed E-state index contributed by atoms with van der Waals surface area (Å²) in [5.41, 5.74) is 0.157. The van der Waals surface area contributed by atoms with Gasteiger partial charge in [-0.25, -0.2) is 4.79 Å². The maximum absolute atomic E-state index is 13.7. The van der Waals surface area contributed by atoms with Crippen molar-refractivity contribution in [2.45, 2.75) is 70.2 Å². The van der Waals surface area contributed by atoms with Crippen molar-refractivity contribution in [3.63, 3.8) is 0 Å². The van der Waals surface area contributed by atoms with Crippen LogP contribution in [0.25, 0.3) is 0 Å². The molecular formula is C20H23BrF2N2O3. The highest BCUT2D eigenvalue weighted by Crippen LogP contribution is 2.60. The molecule has 0 radical (unpaired) electrons. The Morgan fingerprint density at radius 3 is 2.50 bits per heavy atom. The van der Waals surface area contributed by atoms with E-state index in [9.17, 15) is 18.4 Å². The number of benzene rings is 1. The number of hydrogen-bond donors (Lipinski definition) is 1. The van der Waals surface area contributed by atoms with E-state index in [1.807, 2.05) is 32.0 Å². The molecular weight excluding hydrogens is 434 g/mol. The van der Waals surface area contributed by atoms with Gasteiger partial charge in [-0.2, -0.15) is 8.78 Å². The summed E-state index contributed by atoms with van der Waals surface area (Å²) in [6.45, 7) is 0.828. The number of imide groups is 1. The summed E-state index contributed by atoms with van der Waals surface area (Å²) in [6.07, 6.45) is 2.06. The van der Waals surface area contributed by atoms with Crippen molar-refractivity contribution in [1.82, 2.24) is 10.2 Å². The average Bonchev–Trinajstić information content (AvgIpc) is 3.03. The lowest BCUT2D eigenvalue weighted by molar-refractivity contribution is -0.179. The zero-order valence-corrected chi connectivity index (χ0v) is 17.4. The molecule has 5 nitrogen and oxygen atoms in total. The van der Waals surface area contributed by atoms with Gasteiger partial charge in [0.25, 0.3) is 5.91 Å². The molecule has 2 spiro atoms. The highest BCUT2D eigenvalue weighted by Gasteiger charge is 2.68. The molecule has 1 atom stereocenters. The monoisotopic (exact) mass is 456 g/mol. The number of nitrogens with one attached hydrogen (secondary N) is 1. The van der Waals surface area contributed by atoms with Gasteiger partial charge in [-0.15, -0.1) is 0 Å². The summed E-state index contributed by atoms with van der Waals surface area (Å²) >= 11 is 3.48. The van der Waals surface area contributed by atoms with Gasteiger partial charge >= 0.3 is 12.6 Å². The molecule has 1 N–H and O–H groups in total. The second kappa shape index (κ2) is 6.76. The fraction of sp³-hybridized carbons (Fsp3) is 0.600. The van der Waals surface area contributed by atoms with E-state index in [-0.39, 0.29) is 11.9 Å². The number of carbonyl (C=O) groups is 2. The van der Waals surface area contributed by atoms with Crippen LogP contribution in [0.3, 0.4) is 0 Å². The third kappa shape index (κ3) is 2.71. The van der Waals surface area contributed by atoms with Crippen LogP contribution in [-0.4, -0.2) is 35.6 Å². The molecule has 2 fully saturated rings. The number of urea groups is 1. The number of nitrogens with zero attached hydrogens (tertiary/aromatic N) is 1. The highest BCUT2D eigenvalue weighted by molar-refractivity contribution is 9.10. The van der Waals surface area contributed by atoms with E-state index in [1.54, 1.807) is 0 Å². The largest absolute Gasteiger partial charge is 0.345 e. The zero-order valence-electron chi connectivity index (χ0n) is 15.8. The van der Waals surface area contributed by atoms with Gasteiger partial charge in [0.15, 0.2) is 5.54 Å². The van der Waals surface area contributed by atoms with Crippen molar-refractivity contribution in [2.24, 2.45) is 5.41 Å². The molecule has 3 aliphatic rings. The molecule has 1 aromatic rings. The van der Waals surface area contributed by atoms with E-state index in [0.717, 1.165) is 15.6 Å². The summed E-state index contributed by atoms with van der Waals surface area (Å²) in [5, 5.41) is 3.04. The first-order valence-electron chi connectivity index (χ1n) is 9.58. The fourth-order valence-corrected chi connectivity index (χ4v) is 5.73. The Morgan fingerprint density at radius 2 is 1.93 bits per heavy atom. The van der Waals surface area contributed by atoms with Crippen LogP contribution in [0.15, 0.2) is 22.7 Å². The predicted molar refractivity (Wildman–Crippen MR) is 102 cm³/mol. The van der Waals surface area contributed by atoms with Gasteiger partial charge in [0.2, 0.25) is 0 Å². The maximum Gasteiger partial charge on any atom is 0.345 e. The van der Waals surface area contributed by atoms with Crippen LogP contribution < -0.4 is 5.32 Å². The van der Waals surface area contributed by atoms with Crippen LogP contribution in [0.1, 0.15) is 50.7 Å². The lowest BCUT2D eigenvalue weighted by Gasteiger charge is -2.46. The van der Waals surface area contributed by atoms with Crippen molar-refractivity contribution in [3.8, 4) is 0 Å². The van der Waals surface area contributed by atoms with E-state index in [0.29, 0.717) is 32.1 Å². The van der Waals surface area contributed by atoms with Crippen molar-refractivity contribution in [3.05, 3.63) is 33.8 Å². The molecule has 1 unspecified atom stereocenters. The molecule has 1 saturated carbocycles. The van der Waals surface area contributed by atoms with Gasteiger partial charge in [-0.1, -0.05) is 22.0 Å². The Balaban J connectivity index is 1.78. The second-order valence-corrected chi connectivity index (χ2v) is 9.22. The summed E-state index contributed by atoms with van der Waals surface area (Å²) < 4.78 is 30.9. The van der Waals surface area contributed by atoms with Crippen LogP contribution >= 0.6 is 15.9 Å². The molecule has 28 heavy (non-hydrogen) atoms. The summed E-state index contributed by atoms with van der Waals surface area (Å²) in [7, 11) is 0. The Morgan fingerprint density at radius 1 is 1.25 bits per heavy atom. The molecule has 4 rings (SSSR count). The third-order valence-corrected chi connectivity index (χ3v) is 7.05. The van der Waals surface area contributed by atoms with Gasteiger partial charge < -0.3 is 10.1 Å². The van der Waals surface area contributed by atoms with Crippen molar-refractivity contribution >= 4 is 27.9 Å². The van der Waals surface area contributed by atoms with E-state index < -0.39 is 29.7 Å². The van der Waals surface area contributed by atoms with E-state index in [2.05, 4.69) is 21.2 Å². The number of hydrogen-bond acceptors (Lipinski definition) is 3. The summed E-state index contributed by atoms with van der Waals surface area (Å²) in [5.74, 6) is -0.238. The Labute approximate surface area is 170 Å². The SMILES string of the molecule is CC(C)N1C(=O)NC2(C1=O)c1cc(Br)ccc1CC21CCC(OC(F)F)CC1. The molecule has 2 aliphatic carbocycles. The van der Waals surface area contributed by atoms with Crippen LogP contribution in [0.5, 0.6) is 0 Å². The zero-order chi connectivity index (χ0) is 20.3. The maximum atomic E-state index is 13.7. The number of halogens is 3. The number of amides is 3. The average molecular weight is 457 g/mol. The van der Waals surface area contributed by atoms with Crippen LogP contribution in [0.4, 0.5) is 13.6 Å². The van der Waals surface area contributed by atoms with E-state index in [4.69, 9.17) is 4.74 Å². The second-order valence-electron chi connectivity index (χ2n) is 8.30. The first kappa shape index (κ1) is 19.8. The number of alkyl halides is 2. The molecule has 8 heteroatoms. The van der Waals surface area contributed by atoms with Gasteiger partial charge in [-0.05, 0) is 69.2 Å². The minimum atomic E-state index is -2.80. The van der Waals surface area contributed by atoms with E-state index >= 15 is 0 Å². The number of carbonyl (C=O) groups excluding carboxylic acids is 2. The summed E-state index contributed by atoms with van der Waals surface area (Å²) in [6, 6.07) is 5.17. The van der Waals surface area contributed by atoms with Gasteiger partial charge in [0.1, 0.15) is 0 Å². The standard InChI is InChI=1S/C20H23BrF2N2O3/c1-11(2)25-16(26)20(24-18(25)27)15-9-13(21)4-3-12(15)10-19(20)7-5-14(6-8-19)28-17(22)23/h3-4,9,11,14,17H,5-8,10H2,1-2H3,(H,24,27). The van der Waals surface area contributed by atoms with Gasteiger partial charge in [0.05, 0.1) is 6.10 Å². The molecule has 152 valence electrons. The molecule has 1 saturated heterocycles. The van der Waals surface area contributed by atoms with Crippen molar-refractivity contribution in [2.75, 3.05) is 0 Å². The van der Waals surface area contributed by atoms with Crippen LogP contribution in [0, 0.1) is 5.41 Å². The molecule has 1 aliphatic heterocycles.